The molecule has 0 atom stereocenters. The van der Waals surface area contributed by atoms with Crippen molar-refractivity contribution in [3.05, 3.63) is 0 Å². The summed E-state index contributed by atoms with van der Waals surface area (Å²) in [6.45, 7) is 6.68. The lowest BCUT2D eigenvalue weighted by atomic mass is 9.70. The van der Waals surface area contributed by atoms with Gasteiger partial charge in [-0.15, -0.1) is 0 Å². The van der Waals surface area contributed by atoms with Crippen LogP contribution in [0.2, 0.25) is 0 Å². The molecule has 0 aromatic carbocycles. The predicted octanol–water partition coefficient (Wildman–Crippen LogP) is 3.36. The van der Waals surface area contributed by atoms with Crippen molar-refractivity contribution in [2.24, 2.45) is 17.3 Å². The molecule has 1 aliphatic carbocycles. The molecule has 0 amide bonds. The summed E-state index contributed by atoms with van der Waals surface area (Å²) in [7, 11) is 0. The minimum atomic E-state index is -0.00854. The van der Waals surface area contributed by atoms with Gasteiger partial charge in [0.1, 0.15) is 0 Å². The van der Waals surface area contributed by atoms with Crippen LogP contribution in [0.4, 0.5) is 0 Å². The minimum absolute atomic E-state index is 0.00854. The van der Waals surface area contributed by atoms with Crippen molar-refractivity contribution in [1.29, 1.82) is 5.26 Å². The maximum absolute atomic E-state index is 8.93. The Morgan fingerprint density at radius 1 is 1.33 bits per heavy atom. The van der Waals surface area contributed by atoms with Crippen molar-refractivity contribution in [3.8, 4) is 6.07 Å². The van der Waals surface area contributed by atoms with Gasteiger partial charge in [0.05, 0.1) is 11.5 Å². The quantitative estimate of drug-likeness (QED) is 0.584. The zero-order chi connectivity index (χ0) is 9.19. The van der Waals surface area contributed by atoms with Crippen LogP contribution in [-0.4, -0.2) is 0 Å². The summed E-state index contributed by atoms with van der Waals surface area (Å²) < 4.78 is 0. The van der Waals surface area contributed by atoms with E-state index in [2.05, 4.69) is 26.8 Å². The lowest BCUT2D eigenvalue weighted by molar-refractivity contribution is 0.190. The van der Waals surface area contributed by atoms with E-state index in [4.69, 9.17) is 5.26 Å². The third-order valence-electron chi connectivity index (χ3n) is 3.35. The van der Waals surface area contributed by atoms with E-state index in [1.165, 1.54) is 12.8 Å². The lowest BCUT2D eigenvalue weighted by Crippen LogP contribution is -2.25. The van der Waals surface area contributed by atoms with Gasteiger partial charge in [-0.2, -0.15) is 5.26 Å². The Labute approximate surface area is 75.8 Å². The number of nitriles is 1. The van der Waals surface area contributed by atoms with E-state index in [1.807, 2.05) is 0 Å². The van der Waals surface area contributed by atoms with Gasteiger partial charge >= 0.3 is 0 Å². The van der Waals surface area contributed by atoms with Crippen molar-refractivity contribution in [3.63, 3.8) is 0 Å². The molecule has 0 bridgehead atoms. The molecule has 12 heavy (non-hydrogen) atoms. The van der Waals surface area contributed by atoms with Crippen LogP contribution < -0.4 is 0 Å². The molecule has 0 aliphatic heterocycles. The first-order valence-corrected chi connectivity index (χ1v) is 4.99. The second kappa shape index (κ2) is 3.47. The smallest absolute Gasteiger partial charge is 0.0686 e. The van der Waals surface area contributed by atoms with E-state index in [0.29, 0.717) is 0 Å². The van der Waals surface area contributed by atoms with Crippen LogP contribution >= 0.6 is 0 Å². The van der Waals surface area contributed by atoms with Crippen LogP contribution in [-0.2, 0) is 0 Å². The molecule has 0 saturated heterocycles. The maximum Gasteiger partial charge on any atom is 0.0686 e. The van der Waals surface area contributed by atoms with E-state index in [1.54, 1.807) is 0 Å². The first-order valence-electron chi connectivity index (χ1n) is 4.99. The SMILES string of the molecule is CC(C)C1CCC(C)(C#N)CC1. The zero-order valence-electron chi connectivity index (χ0n) is 8.43. The van der Waals surface area contributed by atoms with E-state index in [0.717, 1.165) is 24.7 Å². The summed E-state index contributed by atoms with van der Waals surface area (Å²) in [5, 5.41) is 8.93. The van der Waals surface area contributed by atoms with Crippen LogP contribution in [0.1, 0.15) is 46.5 Å². The number of rotatable bonds is 1. The fourth-order valence-corrected chi connectivity index (χ4v) is 2.06. The number of hydrogen-bond donors (Lipinski definition) is 0. The molecule has 1 nitrogen and oxygen atoms in total. The summed E-state index contributed by atoms with van der Waals surface area (Å²) in [4.78, 5) is 0. The van der Waals surface area contributed by atoms with Gasteiger partial charge in [0.2, 0.25) is 0 Å². The molecule has 68 valence electrons. The Morgan fingerprint density at radius 2 is 1.83 bits per heavy atom. The molecule has 1 aliphatic rings. The molecule has 0 spiro atoms. The molecule has 0 radical (unpaired) electrons. The molecular weight excluding hydrogens is 146 g/mol. The molecular formula is C11H19N. The van der Waals surface area contributed by atoms with Crippen LogP contribution in [0.25, 0.3) is 0 Å². The highest BCUT2D eigenvalue weighted by atomic mass is 14.4. The lowest BCUT2D eigenvalue weighted by Gasteiger charge is -2.33. The Hall–Kier alpha value is -0.510. The first-order chi connectivity index (χ1) is 5.57. The van der Waals surface area contributed by atoms with Crippen molar-refractivity contribution in [2.75, 3.05) is 0 Å². The van der Waals surface area contributed by atoms with Gasteiger partial charge in [-0.3, -0.25) is 0 Å². The third-order valence-corrected chi connectivity index (χ3v) is 3.35. The van der Waals surface area contributed by atoms with Crippen LogP contribution in [0, 0.1) is 28.6 Å². The average Bonchev–Trinajstić information content (AvgIpc) is 2.05. The summed E-state index contributed by atoms with van der Waals surface area (Å²) >= 11 is 0. The van der Waals surface area contributed by atoms with Gasteiger partial charge in [0.25, 0.3) is 0 Å². The largest absolute Gasteiger partial charge is 0.198 e. The summed E-state index contributed by atoms with van der Waals surface area (Å²) in [5.41, 5.74) is -0.00854. The van der Waals surface area contributed by atoms with Gasteiger partial charge in [-0.05, 0) is 44.4 Å². The molecule has 1 saturated carbocycles. The normalized spacial score (nSPS) is 36.4. The monoisotopic (exact) mass is 165 g/mol. The molecule has 0 N–H and O–H groups in total. The second-order valence-electron chi connectivity index (χ2n) is 4.75. The predicted molar refractivity (Wildman–Crippen MR) is 50.5 cm³/mol. The molecule has 0 aromatic rings. The van der Waals surface area contributed by atoms with Crippen molar-refractivity contribution < 1.29 is 0 Å². The Balaban J connectivity index is 2.46. The van der Waals surface area contributed by atoms with Crippen molar-refractivity contribution in [1.82, 2.24) is 0 Å². The van der Waals surface area contributed by atoms with Crippen molar-refractivity contribution >= 4 is 0 Å². The zero-order valence-corrected chi connectivity index (χ0v) is 8.43. The fourth-order valence-electron chi connectivity index (χ4n) is 2.06. The van der Waals surface area contributed by atoms with E-state index >= 15 is 0 Å². The highest BCUT2D eigenvalue weighted by Crippen LogP contribution is 2.40. The molecule has 1 heteroatoms. The molecule has 1 rings (SSSR count). The first kappa shape index (κ1) is 9.58. The van der Waals surface area contributed by atoms with Gasteiger partial charge < -0.3 is 0 Å². The van der Waals surface area contributed by atoms with Crippen molar-refractivity contribution in [2.45, 2.75) is 46.5 Å². The van der Waals surface area contributed by atoms with Crippen LogP contribution in [0.15, 0.2) is 0 Å². The summed E-state index contributed by atoms with van der Waals surface area (Å²) in [5.74, 6) is 1.67. The van der Waals surface area contributed by atoms with E-state index in [-0.39, 0.29) is 5.41 Å². The molecule has 0 aromatic heterocycles. The summed E-state index contributed by atoms with van der Waals surface area (Å²) in [6, 6.07) is 2.44. The third kappa shape index (κ3) is 2.00. The maximum atomic E-state index is 8.93. The Morgan fingerprint density at radius 3 is 2.17 bits per heavy atom. The van der Waals surface area contributed by atoms with Gasteiger partial charge in [-0.25, -0.2) is 0 Å². The van der Waals surface area contributed by atoms with E-state index < -0.39 is 0 Å². The average molecular weight is 165 g/mol. The second-order valence-corrected chi connectivity index (χ2v) is 4.75. The minimum Gasteiger partial charge on any atom is -0.198 e. The summed E-state index contributed by atoms with van der Waals surface area (Å²) in [6.07, 6.45) is 4.71. The molecule has 0 unspecified atom stereocenters. The highest BCUT2D eigenvalue weighted by molar-refractivity contribution is 4.98. The van der Waals surface area contributed by atoms with Gasteiger partial charge in [-0.1, -0.05) is 13.8 Å². The highest BCUT2D eigenvalue weighted by Gasteiger charge is 2.31. The van der Waals surface area contributed by atoms with Crippen LogP contribution in [0.3, 0.4) is 0 Å². The Bertz CT molecular complexity index is 180. The standard InChI is InChI=1S/C11H19N/c1-9(2)10-4-6-11(3,8-12)7-5-10/h9-10H,4-7H2,1-3H3. The Kier molecular flexibility index (Phi) is 2.77. The number of hydrogen-bond acceptors (Lipinski definition) is 1. The van der Waals surface area contributed by atoms with Gasteiger partial charge in [0, 0.05) is 0 Å². The molecule has 1 fully saturated rings. The fraction of sp³-hybridized carbons (Fsp3) is 0.909. The topological polar surface area (TPSA) is 23.8 Å². The van der Waals surface area contributed by atoms with Crippen LogP contribution in [0.5, 0.6) is 0 Å². The van der Waals surface area contributed by atoms with E-state index in [9.17, 15) is 0 Å². The molecule has 0 heterocycles. The van der Waals surface area contributed by atoms with Gasteiger partial charge in [0.15, 0.2) is 0 Å². The number of nitrogens with zero attached hydrogens (tertiary/aromatic N) is 1.